The van der Waals surface area contributed by atoms with E-state index in [1.54, 1.807) is 7.05 Å². The number of rotatable bonds is 4. The molecule has 1 saturated carbocycles. The van der Waals surface area contributed by atoms with E-state index in [1.165, 1.54) is 0 Å². The van der Waals surface area contributed by atoms with Crippen molar-refractivity contribution in [3.05, 3.63) is 17.7 Å². The third-order valence-corrected chi connectivity index (χ3v) is 4.57. The van der Waals surface area contributed by atoms with Gasteiger partial charge >= 0.3 is 6.18 Å². The third-order valence-electron chi connectivity index (χ3n) is 3.48. The number of hydrogen-bond acceptors (Lipinski definition) is 4. The molecule has 2 atom stereocenters. The minimum absolute atomic E-state index is 0.202. The van der Waals surface area contributed by atoms with Crippen molar-refractivity contribution < 1.29 is 13.2 Å². The summed E-state index contributed by atoms with van der Waals surface area (Å²) in [6.45, 7) is 0. The van der Waals surface area contributed by atoms with Gasteiger partial charge in [0.1, 0.15) is 11.6 Å². The van der Waals surface area contributed by atoms with Crippen molar-refractivity contribution >= 4 is 23.4 Å². The topological polar surface area (TPSA) is 37.0 Å². The second kappa shape index (κ2) is 6.11. The first-order valence-electron chi connectivity index (χ1n) is 6.48. The molecule has 20 heavy (non-hydrogen) atoms. The number of alkyl halides is 3. The highest BCUT2D eigenvalue weighted by molar-refractivity contribution is 7.99. The number of anilines is 2. The number of thioether (sulfide) groups is 1. The molecule has 1 fully saturated rings. The number of pyridine rings is 1. The fourth-order valence-corrected chi connectivity index (χ4v) is 3.19. The maximum Gasteiger partial charge on any atom is 0.416 e. The molecule has 0 amide bonds. The molecule has 0 bridgehead atoms. The SMILES string of the molecule is CNc1cc(C(F)(F)F)cc(NC2CCC(SC)C2)n1. The molecular formula is C13H18F3N3S. The minimum atomic E-state index is -4.36. The van der Waals surface area contributed by atoms with Crippen LogP contribution >= 0.6 is 11.8 Å². The number of nitrogens with one attached hydrogen (secondary N) is 2. The summed E-state index contributed by atoms with van der Waals surface area (Å²) in [5, 5.41) is 6.38. The summed E-state index contributed by atoms with van der Waals surface area (Å²) >= 11 is 1.81. The van der Waals surface area contributed by atoms with Gasteiger partial charge in [0.2, 0.25) is 0 Å². The van der Waals surface area contributed by atoms with Crippen LogP contribution in [0.4, 0.5) is 24.8 Å². The standard InChI is InChI=1S/C13H18F3N3S/c1-17-11-5-8(13(14,15)16)6-12(19-11)18-9-3-4-10(7-9)20-2/h5-6,9-10H,3-4,7H2,1-2H3,(H2,17,18,19). The largest absolute Gasteiger partial charge is 0.416 e. The van der Waals surface area contributed by atoms with E-state index in [4.69, 9.17) is 0 Å². The smallest absolute Gasteiger partial charge is 0.373 e. The molecule has 1 aliphatic carbocycles. The van der Waals surface area contributed by atoms with Gasteiger partial charge in [-0.1, -0.05) is 0 Å². The van der Waals surface area contributed by atoms with Crippen LogP contribution in [0.1, 0.15) is 24.8 Å². The van der Waals surface area contributed by atoms with Crippen molar-refractivity contribution in [1.82, 2.24) is 4.98 Å². The lowest BCUT2D eigenvalue weighted by molar-refractivity contribution is -0.137. The van der Waals surface area contributed by atoms with Crippen molar-refractivity contribution in [2.75, 3.05) is 23.9 Å². The van der Waals surface area contributed by atoms with E-state index in [9.17, 15) is 13.2 Å². The molecule has 1 heterocycles. The first kappa shape index (κ1) is 15.3. The van der Waals surface area contributed by atoms with Crippen molar-refractivity contribution in [3.63, 3.8) is 0 Å². The molecule has 1 aliphatic rings. The molecule has 2 unspecified atom stereocenters. The van der Waals surface area contributed by atoms with Crippen molar-refractivity contribution in [2.24, 2.45) is 0 Å². The zero-order chi connectivity index (χ0) is 14.8. The first-order valence-corrected chi connectivity index (χ1v) is 7.77. The highest BCUT2D eigenvalue weighted by Gasteiger charge is 2.32. The van der Waals surface area contributed by atoms with Gasteiger partial charge in [0.15, 0.2) is 0 Å². The van der Waals surface area contributed by atoms with Gasteiger partial charge in [-0.25, -0.2) is 4.98 Å². The Morgan fingerprint density at radius 2 is 1.95 bits per heavy atom. The quantitative estimate of drug-likeness (QED) is 0.886. The van der Waals surface area contributed by atoms with Gasteiger partial charge in [0, 0.05) is 18.3 Å². The van der Waals surface area contributed by atoms with E-state index in [-0.39, 0.29) is 17.7 Å². The molecule has 0 aliphatic heterocycles. The van der Waals surface area contributed by atoms with E-state index in [1.807, 2.05) is 11.8 Å². The maximum absolute atomic E-state index is 12.8. The minimum Gasteiger partial charge on any atom is -0.373 e. The summed E-state index contributed by atoms with van der Waals surface area (Å²) in [5.41, 5.74) is -0.682. The van der Waals surface area contributed by atoms with Crippen LogP contribution in [0, 0.1) is 0 Å². The van der Waals surface area contributed by atoms with E-state index < -0.39 is 11.7 Å². The molecule has 1 aromatic rings. The first-order chi connectivity index (χ1) is 9.42. The highest BCUT2D eigenvalue weighted by Crippen LogP contribution is 2.34. The lowest BCUT2D eigenvalue weighted by Crippen LogP contribution is -2.18. The summed E-state index contributed by atoms with van der Waals surface area (Å²) in [4.78, 5) is 4.15. The Morgan fingerprint density at radius 3 is 2.50 bits per heavy atom. The predicted molar refractivity (Wildman–Crippen MR) is 77.4 cm³/mol. The van der Waals surface area contributed by atoms with E-state index >= 15 is 0 Å². The van der Waals surface area contributed by atoms with Gasteiger partial charge < -0.3 is 10.6 Å². The molecule has 2 rings (SSSR count). The Kier molecular flexibility index (Phi) is 4.67. The molecule has 1 aromatic heterocycles. The van der Waals surface area contributed by atoms with Crippen molar-refractivity contribution in [1.29, 1.82) is 0 Å². The maximum atomic E-state index is 12.8. The summed E-state index contributed by atoms with van der Waals surface area (Å²) in [5.74, 6) is 0.512. The lowest BCUT2D eigenvalue weighted by Gasteiger charge is -2.16. The van der Waals surface area contributed by atoms with Gasteiger partial charge in [-0.3, -0.25) is 0 Å². The Balaban J connectivity index is 2.15. The zero-order valence-corrected chi connectivity index (χ0v) is 12.2. The van der Waals surface area contributed by atoms with E-state index in [0.29, 0.717) is 5.25 Å². The summed E-state index contributed by atoms with van der Waals surface area (Å²) < 4.78 is 38.5. The Labute approximate surface area is 120 Å². The molecule has 112 valence electrons. The van der Waals surface area contributed by atoms with Crippen LogP contribution in [0.5, 0.6) is 0 Å². The molecule has 0 aromatic carbocycles. The number of halogens is 3. The highest BCUT2D eigenvalue weighted by atomic mass is 32.2. The fraction of sp³-hybridized carbons (Fsp3) is 0.615. The van der Waals surface area contributed by atoms with Gasteiger partial charge in [-0.05, 0) is 37.7 Å². The predicted octanol–water partition coefficient (Wildman–Crippen LogP) is 3.84. The van der Waals surface area contributed by atoms with Crippen molar-refractivity contribution in [2.45, 2.75) is 36.7 Å². The van der Waals surface area contributed by atoms with Crippen LogP contribution in [-0.4, -0.2) is 29.6 Å². The van der Waals surface area contributed by atoms with Gasteiger partial charge in [-0.2, -0.15) is 24.9 Å². The molecule has 2 N–H and O–H groups in total. The Bertz CT molecular complexity index is 465. The van der Waals surface area contributed by atoms with Crippen LogP contribution in [0.25, 0.3) is 0 Å². The van der Waals surface area contributed by atoms with Crippen LogP contribution in [0.15, 0.2) is 12.1 Å². The molecule has 3 nitrogen and oxygen atoms in total. The molecule has 0 spiro atoms. The Hall–Kier alpha value is -1.11. The van der Waals surface area contributed by atoms with Gasteiger partial charge in [0.25, 0.3) is 0 Å². The second-order valence-corrected chi connectivity index (χ2v) is 6.02. The van der Waals surface area contributed by atoms with E-state index in [0.717, 1.165) is 31.4 Å². The normalized spacial score (nSPS) is 22.9. The molecule has 0 saturated heterocycles. The molecule has 0 radical (unpaired) electrons. The van der Waals surface area contributed by atoms with Crippen LogP contribution in [0.2, 0.25) is 0 Å². The summed E-state index contributed by atoms with van der Waals surface area (Å²) in [7, 11) is 1.56. The van der Waals surface area contributed by atoms with Gasteiger partial charge in [0.05, 0.1) is 5.56 Å². The molecular weight excluding hydrogens is 287 g/mol. The van der Waals surface area contributed by atoms with Crippen molar-refractivity contribution in [3.8, 4) is 0 Å². The Morgan fingerprint density at radius 1 is 1.25 bits per heavy atom. The average molecular weight is 305 g/mol. The second-order valence-electron chi connectivity index (χ2n) is 4.89. The van der Waals surface area contributed by atoms with Gasteiger partial charge in [-0.15, -0.1) is 0 Å². The summed E-state index contributed by atoms with van der Waals surface area (Å²) in [6, 6.07) is 2.30. The lowest BCUT2D eigenvalue weighted by atomic mass is 10.2. The fourth-order valence-electron chi connectivity index (χ4n) is 2.39. The third kappa shape index (κ3) is 3.71. The number of aromatic nitrogens is 1. The average Bonchev–Trinajstić information content (AvgIpc) is 2.85. The summed E-state index contributed by atoms with van der Waals surface area (Å²) in [6.07, 6.45) is 0.736. The van der Waals surface area contributed by atoms with Crippen LogP contribution < -0.4 is 10.6 Å². The zero-order valence-electron chi connectivity index (χ0n) is 11.4. The monoisotopic (exact) mass is 305 g/mol. The number of hydrogen-bond donors (Lipinski definition) is 2. The van der Waals surface area contributed by atoms with Crippen LogP contribution in [0.3, 0.4) is 0 Å². The van der Waals surface area contributed by atoms with E-state index in [2.05, 4.69) is 21.9 Å². The number of nitrogens with zero attached hydrogens (tertiary/aromatic N) is 1. The van der Waals surface area contributed by atoms with Crippen LogP contribution in [-0.2, 0) is 6.18 Å². The molecule has 7 heteroatoms.